The predicted octanol–water partition coefficient (Wildman–Crippen LogP) is 3.62. The van der Waals surface area contributed by atoms with Gasteiger partial charge in [0.2, 0.25) is 0 Å². The van der Waals surface area contributed by atoms with E-state index in [9.17, 15) is 19.2 Å². The molecule has 5 rings (SSSR count). The minimum Gasteiger partial charge on any atom is -0.271 e. The van der Waals surface area contributed by atoms with Gasteiger partial charge in [0.1, 0.15) is 6.54 Å². The fraction of sp³-hybridized carbons (Fsp3) is 0.296. The van der Waals surface area contributed by atoms with E-state index in [4.69, 9.17) is 5.10 Å². The first-order valence-electron chi connectivity index (χ1n) is 11.9. The number of nitrogens with zero attached hydrogens (tertiary/aromatic N) is 4. The van der Waals surface area contributed by atoms with Crippen LogP contribution in [0.25, 0.3) is 6.08 Å². The number of hydrogen-bond donors (Lipinski definition) is 0. The average molecular weight is 471 g/mol. The van der Waals surface area contributed by atoms with Crippen molar-refractivity contribution in [3.05, 3.63) is 77.4 Å². The molecule has 178 valence electrons. The molecule has 2 aromatic carbocycles. The van der Waals surface area contributed by atoms with E-state index < -0.39 is 30.3 Å². The molecule has 2 aliphatic heterocycles. The maximum Gasteiger partial charge on any atom is 0.334 e. The first kappa shape index (κ1) is 22.7. The van der Waals surface area contributed by atoms with Crippen molar-refractivity contribution < 1.29 is 19.2 Å². The molecule has 35 heavy (non-hydrogen) atoms. The third-order valence-corrected chi connectivity index (χ3v) is 6.78. The lowest BCUT2D eigenvalue weighted by molar-refractivity contribution is -0.145. The zero-order valence-electron chi connectivity index (χ0n) is 19.5. The molecule has 1 aliphatic carbocycles. The van der Waals surface area contributed by atoms with Crippen LogP contribution >= 0.6 is 0 Å². The van der Waals surface area contributed by atoms with Crippen LogP contribution in [0.5, 0.6) is 0 Å². The minimum absolute atomic E-state index is 0.00353. The molecule has 8 nitrogen and oxygen atoms in total. The van der Waals surface area contributed by atoms with Gasteiger partial charge in [0.25, 0.3) is 5.91 Å². The second-order valence-electron chi connectivity index (χ2n) is 8.88. The lowest BCUT2D eigenvalue weighted by Crippen LogP contribution is -2.42. The van der Waals surface area contributed by atoms with Crippen LogP contribution in [0.4, 0.5) is 4.79 Å². The quantitative estimate of drug-likeness (QED) is 0.493. The Kier molecular flexibility index (Phi) is 6.03. The molecule has 0 spiro atoms. The molecule has 2 aromatic rings. The number of fused-ring (bicyclic) bond motifs is 1. The Morgan fingerprint density at radius 3 is 2.29 bits per heavy atom. The molecule has 0 bridgehead atoms. The lowest BCUT2D eigenvalue weighted by atomic mass is 9.77. The van der Waals surface area contributed by atoms with Crippen LogP contribution in [0.15, 0.2) is 71.3 Å². The molecule has 1 saturated carbocycles. The third kappa shape index (κ3) is 4.05. The molecular weight excluding hydrogens is 444 g/mol. The van der Waals surface area contributed by atoms with Crippen LogP contribution in [0, 0.1) is 5.92 Å². The fourth-order valence-corrected chi connectivity index (χ4v) is 5.12. The third-order valence-electron chi connectivity index (χ3n) is 6.78. The molecule has 2 atom stereocenters. The van der Waals surface area contributed by atoms with Crippen LogP contribution in [-0.4, -0.2) is 57.4 Å². The van der Waals surface area contributed by atoms with E-state index in [1.807, 2.05) is 60.7 Å². The van der Waals surface area contributed by atoms with Crippen LogP contribution < -0.4 is 0 Å². The number of rotatable bonds is 5. The van der Waals surface area contributed by atoms with Gasteiger partial charge in [0.15, 0.2) is 0 Å². The first-order chi connectivity index (χ1) is 17.0. The maximum absolute atomic E-state index is 13.5. The van der Waals surface area contributed by atoms with Crippen molar-refractivity contribution in [2.24, 2.45) is 11.0 Å². The molecule has 3 aliphatic rings. The Bertz CT molecular complexity index is 1240. The second kappa shape index (κ2) is 9.29. The minimum atomic E-state index is -0.976. The molecule has 0 aromatic heterocycles. The molecular formula is C27H26N4O4. The van der Waals surface area contributed by atoms with Gasteiger partial charge in [-0.05, 0) is 49.0 Å². The highest BCUT2D eigenvalue weighted by molar-refractivity contribution is 6.45. The highest BCUT2D eigenvalue weighted by Crippen LogP contribution is 2.44. The number of benzene rings is 2. The highest BCUT2D eigenvalue weighted by atomic mass is 16.2. The van der Waals surface area contributed by atoms with Gasteiger partial charge in [-0.1, -0.05) is 60.7 Å². The van der Waals surface area contributed by atoms with Gasteiger partial charge in [-0.25, -0.2) is 14.7 Å². The zero-order chi connectivity index (χ0) is 24.5. The first-order valence-corrected chi connectivity index (χ1v) is 11.9. The van der Waals surface area contributed by atoms with Crippen molar-refractivity contribution in [1.29, 1.82) is 0 Å². The number of urea groups is 1. The molecule has 0 unspecified atom stereocenters. The van der Waals surface area contributed by atoms with Crippen molar-refractivity contribution in [3.63, 3.8) is 0 Å². The number of hydrazone groups is 1. The highest BCUT2D eigenvalue weighted by Gasteiger charge is 2.48. The largest absolute Gasteiger partial charge is 0.334 e. The Balaban J connectivity index is 1.49. The fourth-order valence-electron chi connectivity index (χ4n) is 5.12. The van der Waals surface area contributed by atoms with Gasteiger partial charge in [0, 0.05) is 12.5 Å². The average Bonchev–Trinajstić information content (AvgIpc) is 3.37. The summed E-state index contributed by atoms with van der Waals surface area (Å²) < 4.78 is 0. The van der Waals surface area contributed by atoms with E-state index >= 15 is 0 Å². The van der Waals surface area contributed by atoms with Crippen molar-refractivity contribution in [1.82, 2.24) is 14.8 Å². The Labute approximate surface area is 203 Å². The lowest BCUT2D eigenvalue weighted by Gasteiger charge is -2.30. The Hall–Kier alpha value is -4.07. The van der Waals surface area contributed by atoms with Crippen molar-refractivity contribution in [2.75, 3.05) is 13.1 Å². The summed E-state index contributed by atoms with van der Waals surface area (Å²) in [4.78, 5) is 52.2. The summed E-state index contributed by atoms with van der Waals surface area (Å²) in [7, 11) is 0. The van der Waals surface area contributed by atoms with Gasteiger partial charge in [-0.3, -0.25) is 19.3 Å². The smallest absolute Gasteiger partial charge is 0.271 e. The van der Waals surface area contributed by atoms with Crippen molar-refractivity contribution in [2.45, 2.75) is 32.2 Å². The van der Waals surface area contributed by atoms with Gasteiger partial charge in [-0.15, -0.1) is 0 Å². The van der Waals surface area contributed by atoms with E-state index in [2.05, 4.69) is 6.08 Å². The number of amides is 5. The molecule has 5 amide bonds. The number of imide groups is 2. The number of carbonyl (C=O) groups excluding carboxylic acids is 4. The van der Waals surface area contributed by atoms with E-state index in [1.54, 1.807) is 6.92 Å². The monoisotopic (exact) mass is 470 g/mol. The normalized spacial score (nSPS) is 23.2. The standard InChI is InChI=1S/C27H26N4O4/c1-2-29-25(33)26(34)30(27(29)35)17-22(32)31-24(19-12-7-4-8-13-19)21-15-9-14-20(23(21)28-31)16-18-10-5-3-6-11-18/h3-8,10-13,16,21,24H,2,9,14-15,17H2,1H3/b20-16-/t21-,24+/m1/s1. The maximum atomic E-state index is 13.5. The van der Waals surface area contributed by atoms with E-state index in [0.717, 1.165) is 51.5 Å². The van der Waals surface area contributed by atoms with Gasteiger partial charge in [-0.2, -0.15) is 5.10 Å². The van der Waals surface area contributed by atoms with Crippen molar-refractivity contribution >= 4 is 35.5 Å². The van der Waals surface area contributed by atoms with Gasteiger partial charge < -0.3 is 0 Å². The summed E-state index contributed by atoms with van der Waals surface area (Å²) in [5.74, 6) is -2.37. The van der Waals surface area contributed by atoms with Crippen molar-refractivity contribution in [3.8, 4) is 0 Å². The van der Waals surface area contributed by atoms with E-state index in [0.29, 0.717) is 0 Å². The molecule has 2 heterocycles. The SMILES string of the molecule is CCN1C(=O)C(=O)N(CC(=O)N2N=C3/C(=C\c4ccccc4)CCC[C@H]3[C@@H]2c2ccccc2)C1=O. The number of likely N-dealkylation sites (N-methyl/N-ethyl adjacent to an activating group) is 1. The van der Waals surface area contributed by atoms with Crippen LogP contribution in [0.2, 0.25) is 0 Å². The van der Waals surface area contributed by atoms with E-state index in [-0.39, 0.29) is 18.5 Å². The second-order valence-corrected chi connectivity index (χ2v) is 8.88. The summed E-state index contributed by atoms with van der Waals surface area (Å²) in [5.41, 5.74) is 3.96. The summed E-state index contributed by atoms with van der Waals surface area (Å²) in [5, 5.41) is 6.20. The Morgan fingerprint density at radius 1 is 0.971 bits per heavy atom. The molecule has 0 radical (unpaired) electrons. The summed E-state index contributed by atoms with van der Waals surface area (Å²) in [6.07, 6.45) is 4.82. The Morgan fingerprint density at radius 2 is 1.63 bits per heavy atom. The molecule has 1 saturated heterocycles. The molecule has 0 N–H and O–H groups in total. The predicted molar refractivity (Wildman–Crippen MR) is 130 cm³/mol. The zero-order valence-corrected chi connectivity index (χ0v) is 19.5. The van der Waals surface area contributed by atoms with Crippen LogP contribution in [0.1, 0.15) is 43.4 Å². The summed E-state index contributed by atoms with van der Waals surface area (Å²) in [6.45, 7) is 1.16. The number of carbonyl (C=O) groups is 4. The van der Waals surface area contributed by atoms with Crippen LogP contribution in [-0.2, 0) is 14.4 Å². The summed E-state index contributed by atoms with van der Waals surface area (Å²) >= 11 is 0. The van der Waals surface area contributed by atoms with Gasteiger partial charge in [0.05, 0.1) is 11.8 Å². The molecule has 2 fully saturated rings. The summed E-state index contributed by atoms with van der Waals surface area (Å²) in [6, 6.07) is 18.6. The van der Waals surface area contributed by atoms with Crippen LogP contribution in [0.3, 0.4) is 0 Å². The topological polar surface area (TPSA) is 90.4 Å². The van der Waals surface area contributed by atoms with E-state index in [1.165, 1.54) is 5.01 Å². The van der Waals surface area contributed by atoms with Gasteiger partial charge >= 0.3 is 17.8 Å². The number of hydrogen-bond acceptors (Lipinski definition) is 5. The molecule has 8 heteroatoms. The number of allylic oxidation sites excluding steroid dienone is 1.